The molecule has 0 bridgehead atoms. The largest absolute Gasteiger partial charge is 0.481 e. The van der Waals surface area contributed by atoms with Crippen LogP contribution in [0.25, 0.3) is 0 Å². The van der Waals surface area contributed by atoms with E-state index in [9.17, 15) is 18.0 Å². The summed E-state index contributed by atoms with van der Waals surface area (Å²) >= 11 is 3.32. The van der Waals surface area contributed by atoms with Gasteiger partial charge in [-0.3, -0.25) is 25.2 Å². The van der Waals surface area contributed by atoms with Gasteiger partial charge in [0.1, 0.15) is 5.75 Å². The molecule has 0 saturated carbocycles. The minimum atomic E-state index is -3.47. The van der Waals surface area contributed by atoms with Gasteiger partial charge < -0.3 is 4.74 Å². The topological polar surface area (TPSA) is 114 Å². The number of hydrogen-bond donors (Lipinski definition) is 3. The molecule has 1 atom stereocenters. The lowest BCUT2D eigenvalue weighted by Crippen LogP contribution is -2.47. The molecule has 0 heterocycles. The molecular formula is C19H22BrN3O5S. The van der Waals surface area contributed by atoms with Crippen molar-refractivity contribution in [3.63, 3.8) is 0 Å². The summed E-state index contributed by atoms with van der Waals surface area (Å²) in [7, 11) is -3.47. The molecule has 10 heteroatoms. The standard InChI is InChI=1S/C19H22BrN3O5S/c1-3-10-29(26,27)23-16-8-4-6-14(11-16)19(25)22-21-18(24)13(2)28-17-9-5-7-15(20)12-17/h4-9,11-13,23H,3,10H2,1-2H3,(H,21,24)(H,22,25). The van der Waals surface area contributed by atoms with Crippen LogP contribution >= 0.6 is 15.9 Å². The third-order valence-corrected chi connectivity index (χ3v) is 5.63. The van der Waals surface area contributed by atoms with Gasteiger partial charge in [0.15, 0.2) is 6.10 Å². The fraction of sp³-hybridized carbons (Fsp3) is 0.263. The number of hydrogen-bond acceptors (Lipinski definition) is 5. The molecule has 0 aliphatic heterocycles. The maximum atomic E-state index is 12.3. The van der Waals surface area contributed by atoms with Gasteiger partial charge in [-0.2, -0.15) is 0 Å². The van der Waals surface area contributed by atoms with E-state index in [0.717, 1.165) is 4.47 Å². The summed E-state index contributed by atoms with van der Waals surface area (Å²) in [6, 6.07) is 13.0. The van der Waals surface area contributed by atoms with Crippen LogP contribution in [0.15, 0.2) is 53.0 Å². The first-order valence-electron chi connectivity index (χ1n) is 8.83. The number of nitrogens with one attached hydrogen (secondary N) is 3. The lowest BCUT2D eigenvalue weighted by atomic mass is 10.2. The van der Waals surface area contributed by atoms with Gasteiger partial charge in [-0.1, -0.05) is 35.0 Å². The number of halogens is 1. The lowest BCUT2D eigenvalue weighted by Gasteiger charge is -2.15. The molecule has 0 radical (unpaired) electrons. The van der Waals surface area contributed by atoms with Gasteiger partial charge in [0.25, 0.3) is 11.8 Å². The Kier molecular flexibility index (Phi) is 8.03. The highest BCUT2D eigenvalue weighted by Crippen LogP contribution is 2.19. The maximum absolute atomic E-state index is 12.3. The summed E-state index contributed by atoms with van der Waals surface area (Å²) in [5.41, 5.74) is 5.03. The number of rotatable bonds is 8. The molecule has 0 saturated heterocycles. The van der Waals surface area contributed by atoms with Crippen molar-refractivity contribution < 1.29 is 22.7 Å². The summed E-state index contributed by atoms with van der Waals surface area (Å²) < 4.78 is 32.5. The van der Waals surface area contributed by atoms with Gasteiger partial charge in [0, 0.05) is 15.7 Å². The predicted molar refractivity (Wildman–Crippen MR) is 114 cm³/mol. The highest BCUT2D eigenvalue weighted by atomic mass is 79.9. The number of amides is 2. The molecule has 0 aromatic heterocycles. The van der Waals surface area contributed by atoms with Crippen LogP contribution in [-0.2, 0) is 14.8 Å². The first-order chi connectivity index (χ1) is 13.7. The highest BCUT2D eigenvalue weighted by Gasteiger charge is 2.16. The Labute approximate surface area is 178 Å². The van der Waals surface area contributed by atoms with Crippen LogP contribution in [0, 0.1) is 0 Å². The summed E-state index contributed by atoms with van der Waals surface area (Å²) in [6.45, 7) is 3.30. The van der Waals surface area contributed by atoms with Crippen molar-refractivity contribution in [2.75, 3.05) is 10.5 Å². The van der Waals surface area contributed by atoms with Crippen LogP contribution < -0.4 is 20.3 Å². The van der Waals surface area contributed by atoms with Gasteiger partial charge in [-0.05, 0) is 49.7 Å². The average Bonchev–Trinajstić information content (AvgIpc) is 2.65. The van der Waals surface area contributed by atoms with E-state index >= 15 is 0 Å². The minimum absolute atomic E-state index is 0.0185. The van der Waals surface area contributed by atoms with E-state index in [2.05, 4.69) is 31.5 Å². The third kappa shape index (κ3) is 7.39. The van der Waals surface area contributed by atoms with Crippen molar-refractivity contribution in [2.24, 2.45) is 0 Å². The zero-order valence-corrected chi connectivity index (χ0v) is 18.3. The lowest BCUT2D eigenvalue weighted by molar-refractivity contribution is -0.128. The smallest absolute Gasteiger partial charge is 0.279 e. The molecule has 0 aliphatic rings. The van der Waals surface area contributed by atoms with E-state index < -0.39 is 27.9 Å². The van der Waals surface area contributed by atoms with E-state index in [1.807, 2.05) is 6.07 Å². The molecular weight excluding hydrogens is 462 g/mol. The van der Waals surface area contributed by atoms with E-state index in [4.69, 9.17) is 4.74 Å². The number of anilines is 1. The Hall–Kier alpha value is -2.59. The summed E-state index contributed by atoms with van der Waals surface area (Å²) in [4.78, 5) is 24.4. The third-order valence-electron chi connectivity index (χ3n) is 3.65. The van der Waals surface area contributed by atoms with E-state index in [-0.39, 0.29) is 17.0 Å². The summed E-state index contributed by atoms with van der Waals surface area (Å²) in [5.74, 6) is -0.655. The van der Waals surface area contributed by atoms with Crippen molar-refractivity contribution >= 4 is 43.5 Å². The molecule has 0 spiro atoms. The molecule has 1 unspecified atom stereocenters. The number of carbonyl (C=O) groups excluding carboxylic acids is 2. The van der Waals surface area contributed by atoms with Crippen LogP contribution in [0.5, 0.6) is 5.75 Å². The monoisotopic (exact) mass is 483 g/mol. The molecule has 0 fully saturated rings. The number of ether oxygens (including phenoxy) is 1. The summed E-state index contributed by atoms with van der Waals surface area (Å²) in [5, 5.41) is 0. The molecule has 0 aliphatic carbocycles. The molecule has 3 N–H and O–H groups in total. The maximum Gasteiger partial charge on any atom is 0.279 e. The molecule has 8 nitrogen and oxygen atoms in total. The fourth-order valence-corrected chi connectivity index (χ4v) is 3.82. The van der Waals surface area contributed by atoms with Crippen molar-refractivity contribution in [1.29, 1.82) is 0 Å². The van der Waals surface area contributed by atoms with Gasteiger partial charge in [0.2, 0.25) is 10.0 Å². The van der Waals surface area contributed by atoms with Crippen LogP contribution in [-0.4, -0.2) is 32.1 Å². The zero-order chi connectivity index (χ0) is 21.4. The van der Waals surface area contributed by atoms with Crippen LogP contribution in [0.4, 0.5) is 5.69 Å². The number of hydrazine groups is 1. The molecule has 2 aromatic carbocycles. The molecule has 2 aromatic rings. The Morgan fingerprint density at radius 3 is 2.52 bits per heavy atom. The first-order valence-corrected chi connectivity index (χ1v) is 11.3. The Morgan fingerprint density at radius 2 is 1.83 bits per heavy atom. The van der Waals surface area contributed by atoms with Gasteiger partial charge in [-0.15, -0.1) is 0 Å². The van der Waals surface area contributed by atoms with E-state index in [1.165, 1.54) is 18.2 Å². The van der Waals surface area contributed by atoms with Crippen molar-refractivity contribution in [2.45, 2.75) is 26.4 Å². The molecule has 2 rings (SSSR count). The second kappa shape index (κ2) is 10.3. The second-order valence-electron chi connectivity index (χ2n) is 6.16. The number of carbonyl (C=O) groups is 2. The van der Waals surface area contributed by atoms with Crippen LogP contribution in [0.1, 0.15) is 30.6 Å². The fourth-order valence-electron chi connectivity index (χ4n) is 2.31. The van der Waals surface area contributed by atoms with Crippen molar-refractivity contribution in [1.82, 2.24) is 10.9 Å². The quantitative estimate of drug-likeness (QED) is 0.499. The van der Waals surface area contributed by atoms with Gasteiger partial charge in [0.05, 0.1) is 5.75 Å². The van der Waals surface area contributed by atoms with E-state index in [1.54, 1.807) is 38.1 Å². The molecule has 2 amide bonds. The number of benzene rings is 2. The normalized spacial score (nSPS) is 12.0. The predicted octanol–water partition coefficient (Wildman–Crippen LogP) is 2.83. The zero-order valence-electron chi connectivity index (χ0n) is 15.9. The average molecular weight is 484 g/mol. The Morgan fingerprint density at radius 1 is 1.10 bits per heavy atom. The minimum Gasteiger partial charge on any atom is -0.481 e. The van der Waals surface area contributed by atoms with E-state index in [0.29, 0.717) is 12.2 Å². The highest BCUT2D eigenvalue weighted by molar-refractivity contribution is 9.10. The van der Waals surface area contributed by atoms with Crippen LogP contribution in [0.3, 0.4) is 0 Å². The van der Waals surface area contributed by atoms with Gasteiger partial charge >= 0.3 is 0 Å². The number of sulfonamides is 1. The van der Waals surface area contributed by atoms with Crippen molar-refractivity contribution in [3.05, 3.63) is 58.6 Å². The Bertz CT molecular complexity index is 981. The summed E-state index contributed by atoms with van der Waals surface area (Å²) in [6.07, 6.45) is -0.376. The first kappa shape index (κ1) is 22.7. The second-order valence-corrected chi connectivity index (χ2v) is 8.92. The molecule has 156 valence electrons. The Balaban J connectivity index is 1.93. The molecule has 29 heavy (non-hydrogen) atoms. The SMILES string of the molecule is CCCS(=O)(=O)Nc1cccc(C(=O)NNC(=O)C(C)Oc2cccc(Br)c2)c1. The van der Waals surface area contributed by atoms with Crippen molar-refractivity contribution in [3.8, 4) is 5.75 Å². The van der Waals surface area contributed by atoms with Gasteiger partial charge in [-0.25, -0.2) is 8.42 Å². The van der Waals surface area contributed by atoms with Crippen LogP contribution in [0.2, 0.25) is 0 Å².